The predicted octanol–water partition coefficient (Wildman–Crippen LogP) is 3.34. The summed E-state index contributed by atoms with van der Waals surface area (Å²) >= 11 is 5.17. The van der Waals surface area contributed by atoms with E-state index in [0.29, 0.717) is 0 Å². The molecule has 3 nitrogen and oxygen atoms in total. The van der Waals surface area contributed by atoms with Crippen LogP contribution in [0.15, 0.2) is 40.2 Å². The zero-order valence-electron chi connectivity index (χ0n) is 10.6. The van der Waals surface area contributed by atoms with Crippen molar-refractivity contribution in [1.82, 2.24) is 5.32 Å². The highest BCUT2D eigenvalue weighted by Crippen LogP contribution is 2.28. The highest BCUT2D eigenvalue weighted by molar-refractivity contribution is 9.10. The average molecular weight is 342 g/mol. The molecule has 0 amide bonds. The maximum absolute atomic E-state index is 9.52. The monoisotopic (exact) mass is 341 g/mol. The summed E-state index contributed by atoms with van der Waals surface area (Å²) in [6.45, 7) is 0.816. The lowest BCUT2D eigenvalue weighted by Gasteiger charge is -2.17. The van der Waals surface area contributed by atoms with E-state index in [2.05, 4.69) is 32.7 Å². The van der Waals surface area contributed by atoms with E-state index >= 15 is 0 Å². The van der Waals surface area contributed by atoms with Gasteiger partial charge in [-0.05, 0) is 45.1 Å². The molecule has 1 atom stereocenters. The van der Waals surface area contributed by atoms with Crippen molar-refractivity contribution in [2.45, 2.75) is 12.6 Å². The molecule has 2 aromatic rings. The van der Waals surface area contributed by atoms with E-state index in [-0.39, 0.29) is 12.6 Å². The van der Waals surface area contributed by atoms with Crippen molar-refractivity contribution in [3.8, 4) is 5.75 Å². The van der Waals surface area contributed by atoms with E-state index in [1.165, 1.54) is 4.88 Å². The molecule has 1 aromatic heterocycles. The molecular weight excluding hydrogens is 326 g/mol. The molecule has 0 aliphatic carbocycles. The first-order valence-electron chi connectivity index (χ1n) is 5.94. The van der Waals surface area contributed by atoms with E-state index in [0.717, 1.165) is 22.3 Å². The Kier molecular flexibility index (Phi) is 5.39. The van der Waals surface area contributed by atoms with Crippen LogP contribution in [0.25, 0.3) is 0 Å². The zero-order valence-corrected chi connectivity index (χ0v) is 13.0. The van der Waals surface area contributed by atoms with Crippen molar-refractivity contribution in [3.63, 3.8) is 0 Å². The van der Waals surface area contributed by atoms with Crippen molar-refractivity contribution in [1.29, 1.82) is 0 Å². The second kappa shape index (κ2) is 7.05. The van der Waals surface area contributed by atoms with Crippen LogP contribution in [0.3, 0.4) is 0 Å². The first-order chi connectivity index (χ1) is 9.24. The Morgan fingerprint density at radius 2 is 2.26 bits per heavy atom. The Morgan fingerprint density at radius 3 is 2.84 bits per heavy atom. The minimum atomic E-state index is -0.0793. The van der Waals surface area contributed by atoms with Gasteiger partial charge >= 0.3 is 0 Å². The summed E-state index contributed by atoms with van der Waals surface area (Å²) in [5.41, 5.74) is 1.03. The predicted molar refractivity (Wildman–Crippen MR) is 81.7 cm³/mol. The smallest absolute Gasteiger partial charge is 0.133 e. The number of aliphatic hydroxyl groups is 1. The van der Waals surface area contributed by atoms with E-state index in [4.69, 9.17) is 4.74 Å². The second-order valence-corrected chi connectivity index (χ2v) is 5.98. The fraction of sp³-hybridized carbons (Fsp3) is 0.286. The molecule has 5 heteroatoms. The van der Waals surface area contributed by atoms with Crippen LogP contribution >= 0.6 is 27.3 Å². The first-order valence-corrected chi connectivity index (χ1v) is 7.62. The number of halogens is 1. The van der Waals surface area contributed by atoms with E-state index in [9.17, 15) is 5.11 Å². The largest absolute Gasteiger partial charge is 0.496 e. The van der Waals surface area contributed by atoms with Gasteiger partial charge in [-0.15, -0.1) is 11.3 Å². The molecule has 2 N–H and O–H groups in total. The van der Waals surface area contributed by atoms with Crippen LogP contribution in [-0.2, 0) is 6.54 Å². The number of hydrogen-bond donors (Lipinski definition) is 2. The van der Waals surface area contributed by atoms with Crippen molar-refractivity contribution in [2.24, 2.45) is 0 Å². The summed E-state index contributed by atoms with van der Waals surface area (Å²) in [5, 5.41) is 14.9. The third-order valence-corrected chi connectivity index (χ3v) is 4.36. The van der Waals surface area contributed by atoms with Crippen LogP contribution in [0.2, 0.25) is 0 Å². The van der Waals surface area contributed by atoms with Gasteiger partial charge in [0.1, 0.15) is 5.75 Å². The van der Waals surface area contributed by atoms with Crippen LogP contribution in [0.4, 0.5) is 0 Å². The Labute approximate surface area is 125 Å². The molecule has 2 rings (SSSR count). The third kappa shape index (κ3) is 3.79. The van der Waals surface area contributed by atoms with E-state index in [1.54, 1.807) is 18.4 Å². The van der Waals surface area contributed by atoms with Gasteiger partial charge in [-0.25, -0.2) is 0 Å². The van der Waals surface area contributed by atoms with Crippen molar-refractivity contribution >= 4 is 27.3 Å². The molecule has 0 aliphatic heterocycles. The molecule has 0 radical (unpaired) electrons. The molecule has 0 spiro atoms. The topological polar surface area (TPSA) is 41.5 Å². The first kappa shape index (κ1) is 14.5. The van der Waals surface area contributed by atoms with Crippen molar-refractivity contribution in [2.75, 3.05) is 13.7 Å². The van der Waals surface area contributed by atoms with Gasteiger partial charge in [0, 0.05) is 11.4 Å². The number of nitrogens with one attached hydrogen (secondary N) is 1. The summed E-state index contributed by atoms with van der Waals surface area (Å²) in [7, 11) is 1.64. The second-order valence-electron chi connectivity index (χ2n) is 4.09. The zero-order chi connectivity index (χ0) is 13.7. The lowest BCUT2D eigenvalue weighted by atomic mass is 10.1. The Hall–Kier alpha value is -0.880. The average Bonchev–Trinajstić information content (AvgIpc) is 2.93. The molecule has 1 unspecified atom stereocenters. The minimum Gasteiger partial charge on any atom is -0.496 e. The van der Waals surface area contributed by atoms with Gasteiger partial charge in [-0.2, -0.15) is 0 Å². The number of thiophene rings is 1. The lowest BCUT2D eigenvalue weighted by Crippen LogP contribution is -2.23. The van der Waals surface area contributed by atoms with Crippen LogP contribution in [-0.4, -0.2) is 18.8 Å². The van der Waals surface area contributed by atoms with Gasteiger partial charge in [-0.1, -0.05) is 12.1 Å². The molecule has 0 fully saturated rings. The molecule has 1 heterocycles. The van der Waals surface area contributed by atoms with Gasteiger partial charge in [0.05, 0.1) is 24.2 Å². The summed E-state index contributed by atoms with van der Waals surface area (Å²) in [6.07, 6.45) is 0. The quantitative estimate of drug-likeness (QED) is 0.846. The van der Waals surface area contributed by atoms with E-state index in [1.807, 2.05) is 24.3 Å². The SMILES string of the molecule is COc1ccc(C(CO)NCc2cccs2)cc1Br. The maximum Gasteiger partial charge on any atom is 0.133 e. The molecule has 19 heavy (non-hydrogen) atoms. The molecule has 0 aliphatic rings. The summed E-state index contributed by atoms with van der Waals surface area (Å²) < 4.78 is 6.10. The van der Waals surface area contributed by atoms with Gasteiger partial charge < -0.3 is 15.2 Å². The van der Waals surface area contributed by atoms with Crippen LogP contribution in [0.5, 0.6) is 5.75 Å². The van der Waals surface area contributed by atoms with Crippen LogP contribution in [0, 0.1) is 0 Å². The van der Waals surface area contributed by atoms with Gasteiger partial charge in [-0.3, -0.25) is 0 Å². The lowest BCUT2D eigenvalue weighted by molar-refractivity contribution is 0.244. The third-order valence-electron chi connectivity index (χ3n) is 2.86. The number of benzene rings is 1. The normalized spacial score (nSPS) is 12.4. The number of hydrogen-bond acceptors (Lipinski definition) is 4. The Bertz CT molecular complexity index is 516. The number of methoxy groups -OCH3 is 1. The van der Waals surface area contributed by atoms with Crippen molar-refractivity contribution < 1.29 is 9.84 Å². The summed E-state index contributed by atoms with van der Waals surface area (Å²) in [5.74, 6) is 0.790. The molecule has 102 valence electrons. The minimum absolute atomic E-state index is 0.0597. The molecular formula is C14H16BrNO2S. The fourth-order valence-corrected chi connectivity index (χ4v) is 3.04. The Balaban J connectivity index is 2.06. The summed E-state index contributed by atoms with van der Waals surface area (Å²) in [4.78, 5) is 1.26. The Morgan fingerprint density at radius 1 is 1.42 bits per heavy atom. The molecule has 0 saturated carbocycles. The number of rotatable bonds is 6. The van der Waals surface area contributed by atoms with Crippen molar-refractivity contribution in [3.05, 3.63) is 50.6 Å². The molecule has 1 aromatic carbocycles. The van der Waals surface area contributed by atoms with Gasteiger partial charge in [0.15, 0.2) is 0 Å². The van der Waals surface area contributed by atoms with E-state index < -0.39 is 0 Å². The standard InChI is InChI=1S/C14H16BrNO2S/c1-18-14-5-4-10(7-12(14)15)13(9-17)16-8-11-3-2-6-19-11/h2-7,13,16-17H,8-9H2,1H3. The van der Waals surface area contributed by atoms with Crippen LogP contribution in [0.1, 0.15) is 16.5 Å². The molecule has 0 saturated heterocycles. The van der Waals surface area contributed by atoms with Crippen LogP contribution < -0.4 is 10.1 Å². The number of ether oxygens (including phenoxy) is 1. The fourth-order valence-electron chi connectivity index (χ4n) is 1.82. The molecule has 0 bridgehead atoms. The number of aliphatic hydroxyl groups excluding tert-OH is 1. The highest BCUT2D eigenvalue weighted by atomic mass is 79.9. The summed E-state index contributed by atoms with van der Waals surface area (Å²) in [6, 6.07) is 9.86. The highest BCUT2D eigenvalue weighted by Gasteiger charge is 2.12. The van der Waals surface area contributed by atoms with Gasteiger partial charge in [0.25, 0.3) is 0 Å². The maximum atomic E-state index is 9.52. The van der Waals surface area contributed by atoms with Gasteiger partial charge in [0.2, 0.25) is 0 Å².